The molecule has 2 N–H and O–H groups in total. The Bertz CT molecular complexity index is 1140. The average Bonchev–Trinajstić information content (AvgIpc) is 3.44. The van der Waals surface area contributed by atoms with Crippen LogP contribution < -0.4 is 10.2 Å². The van der Waals surface area contributed by atoms with Crippen LogP contribution in [0.25, 0.3) is 0 Å². The number of nitrogens with zero attached hydrogens (tertiary/aromatic N) is 3. The van der Waals surface area contributed by atoms with Gasteiger partial charge < -0.3 is 5.32 Å². The summed E-state index contributed by atoms with van der Waals surface area (Å²) in [6, 6.07) is 24.9. The Balaban J connectivity index is 1.27. The number of quaternary nitrogens is 1. The van der Waals surface area contributed by atoms with Gasteiger partial charge in [-0.1, -0.05) is 42.5 Å². The van der Waals surface area contributed by atoms with E-state index in [1.54, 1.807) is 24.3 Å². The van der Waals surface area contributed by atoms with E-state index in [0.29, 0.717) is 11.4 Å². The first-order valence-electron chi connectivity index (χ1n) is 10.1. The van der Waals surface area contributed by atoms with Crippen molar-refractivity contribution in [3.8, 4) is 0 Å². The van der Waals surface area contributed by atoms with Crippen LogP contribution in [0.5, 0.6) is 0 Å². The predicted octanol–water partition coefficient (Wildman–Crippen LogP) is 3.58. The van der Waals surface area contributed by atoms with Crippen molar-refractivity contribution in [2.24, 2.45) is 22.1 Å². The van der Waals surface area contributed by atoms with E-state index in [-0.39, 0.29) is 35.7 Å². The van der Waals surface area contributed by atoms with Crippen LogP contribution >= 0.6 is 0 Å². The van der Waals surface area contributed by atoms with Gasteiger partial charge in [-0.2, -0.15) is 10.2 Å². The highest BCUT2D eigenvalue weighted by Gasteiger charge is 2.66. The molecule has 3 aromatic rings. The number of nitrogens with two attached hydrogens (primary N) is 1. The molecular weight excluding hydrogens is 376 g/mol. The molecule has 3 heterocycles. The number of anilines is 1. The third-order valence-corrected chi connectivity index (χ3v) is 6.45. The van der Waals surface area contributed by atoms with Crippen LogP contribution in [0.15, 0.2) is 89.1 Å². The summed E-state index contributed by atoms with van der Waals surface area (Å²) >= 11 is 0. The number of fused-ring (bicyclic) bond motifs is 8. The van der Waals surface area contributed by atoms with Gasteiger partial charge in [-0.15, -0.1) is 0 Å². The van der Waals surface area contributed by atoms with Crippen molar-refractivity contribution in [3.05, 3.63) is 90.0 Å². The van der Waals surface area contributed by atoms with Gasteiger partial charge in [0.05, 0.1) is 17.1 Å². The number of hydrogen-bond donors (Lipinski definition) is 1. The molecule has 3 aromatic carbocycles. The van der Waals surface area contributed by atoms with E-state index in [1.807, 2.05) is 42.5 Å². The molecule has 0 unspecified atom stereocenters. The van der Waals surface area contributed by atoms with Gasteiger partial charge in [0.25, 0.3) is 0 Å². The topological polar surface area (TPSA) is 78.7 Å². The normalized spacial score (nSPS) is 26.5. The van der Waals surface area contributed by atoms with Gasteiger partial charge in [0.15, 0.2) is 0 Å². The Hall–Kier alpha value is -3.64. The summed E-state index contributed by atoms with van der Waals surface area (Å²) in [5.74, 6) is -0.756. The van der Waals surface area contributed by atoms with Gasteiger partial charge in [-0.25, -0.2) is 4.90 Å². The monoisotopic (exact) mass is 395 g/mol. The molecule has 0 saturated carbocycles. The smallest absolute Gasteiger partial charge is 0.244 e. The van der Waals surface area contributed by atoms with Crippen LogP contribution in [-0.2, 0) is 9.59 Å². The van der Waals surface area contributed by atoms with Crippen LogP contribution in [0.4, 0.5) is 17.1 Å². The van der Waals surface area contributed by atoms with E-state index in [1.165, 1.54) is 16.0 Å². The fraction of sp³-hybridized carbons (Fsp3) is 0.167. The summed E-state index contributed by atoms with van der Waals surface area (Å²) in [6.07, 6.45) is 0. The van der Waals surface area contributed by atoms with E-state index in [4.69, 9.17) is 0 Å². The van der Waals surface area contributed by atoms with Crippen LogP contribution in [0.2, 0.25) is 0 Å². The number of carbonyl (C=O) groups is 2. The minimum atomic E-state index is -0.283. The van der Waals surface area contributed by atoms with Crippen LogP contribution in [0.3, 0.4) is 0 Å². The Kier molecular flexibility index (Phi) is 3.70. The van der Waals surface area contributed by atoms with Crippen molar-refractivity contribution in [2.45, 2.75) is 12.1 Å². The van der Waals surface area contributed by atoms with E-state index < -0.39 is 0 Å². The fourth-order valence-corrected chi connectivity index (χ4v) is 5.18. The fourth-order valence-electron chi connectivity index (χ4n) is 5.18. The van der Waals surface area contributed by atoms with Gasteiger partial charge in [0.1, 0.15) is 23.9 Å². The SMILES string of the molecule is O=C1[C@@H]2[C@H](C(=O)N1c1ccc(N=Nc3ccccc3)cc1)[C@@H]1[NH2+][C@H]2c2ccccc21. The molecule has 6 rings (SSSR count). The highest BCUT2D eigenvalue weighted by molar-refractivity contribution is 6.22. The predicted molar refractivity (Wildman–Crippen MR) is 110 cm³/mol. The number of amides is 2. The standard InChI is InChI=1S/C24H18N4O2/c29-23-19-20(22-18-9-5-4-8-17(18)21(19)25-22)24(30)28(23)16-12-10-15(11-13-16)27-26-14-6-2-1-3-7-14/h1-13,19-22,25H/p+1/t19-,20+,21+,22-. The molecule has 3 aliphatic rings. The quantitative estimate of drug-likeness (QED) is 0.543. The number of benzene rings is 3. The number of carbonyl (C=O) groups excluding carboxylic acids is 2. The van der Waals surface area contributed by atoms with Crippen molar-refractivity contribution in [1.82, 2.24) is 0 Å². The first kappa shape index (κ1) is 17.2. The Morgan fingerprint density at radius 2 is 1.13 bits per heavy atom. The van der Waals surface area contributed by atoms with Gasteiger partial charge >= 0.3 is 0 Å². The van der Waals surface area contributed by atoms with E-state index in [9.17, 15) is 9.59 Å². The lowest BCUT2D eigenvalue weighted by molar-refractivity contribution is -0.707. The zero-order valence-corrected chi connectivity index (χ0v) is 16.1. The lowest BCUT2D eigenvalue weighted by Gasteiger charge is -2.17. The van der Waals surface area contributed by atoms with Gasteiger partial charge in [0.2, 0.25) is 11.8 Å². The van der Waals surface area contributed by atoms with Crippen molar-refractivity contribution < 1.29 is 14.9 Å². The number of rotatable bonds is 3. The Morgan fingerprint density at radius 3 is 1.70 bits per heavy atom. The second-order valence-corrected chi connectivity index (χ2v) is 7.99. The van der Waals surface area contributed by atoms with Gasteiger partial charge in [0, 0.05) is 11.1 Å². The molecule has 0 aliphatic carbocycles. The Morgan fingerprint density at radius 1 is 0.633 bits per heavy atom. The molecule has 6 nitrogen and oxygen atoms in total. The average molecular weight is 395 g/mol. The number of imide groups is 1. The molecule has 0 aromatic heterocycles. The first-order chi connectivity index (χ1) is 14.7. The lowest BCUT2D eigenvalue weighted by Crippen LogP contribution is -2.81. The third-order valence-electron chi connectivity index (χ3n) is 6.45. The van der Waals surface area contributed by atoms with Crippen molar-refractivity contribution in [2.75, 3.05) is 4.90 Å². The molecule has 4 atom stereocenters. The van der Waals surface area contributed by atoms with Crippen molar-refractivity contribution >= 4 is 28.9 Å². The zero-order valence-electron chi connectivity index (χ0n) is 16.1. The molecule has 2 bridgehead atoms. The minimum absolute atomic E-state index is 0.0385. The second kappa shape index (κ2) is 6.43. The lowest BCUT2D eigenvalue weighted by atomic mass is 9.77. The number of hydrogen-bond acceptors (Lipinski definition) is 4. The molecule has 0 radical (unpaired) electrons. The summed E-state index contributed by atoms with van der Waals surface area (Å²) in [4.78, 5) is 27.8. The second-order valence-electron chi connectivity index (χ2n) is 7.99. The van der Waals surface area contributed by atoms with Crippen molar-refractivity contribution in [1.29, 1.82) is 0 Å². The van der Waals surface area contributed by atoms with E-state index in [0.717, 1.165) is 5.69 Å². The maximum atomic E-state index is 13.2. The summed E-state index contributed by atoms with van der Waals surface area (Å²) < 4.78 is 0. The summed E-state index contributed by atoms with van der Waals surface area (Å²) in [6.45, 7) is 0. The highest BCUT2D eigenvalue weighted by atomic mass is 16.2. The van der Waals surface area contributed by atoms with Crippen LogP contribution in [0, 0.1) is 11.8 Å². The van der Waals surface area contributed by atoms with Crippen LogP contribution in [-0.4, -0.2) is 11.8 Å². The van der Waals surface area contributed by atoms with E-state index >= 15 is 0 Å². The van der Waals surface area contributed by atoms with Gasteiger partial charge in [-0.05, 0) is 36.4 Å². The van der Waals surface area contributed by atoms with Crippen molar-refractivity contribution in [3.63, 3.8) is 0 Å². The van der Waals surface area contributed by atoms with Gasteiger partial charge in [-0.3, -0.25) is 9.59 Å². The molecular formula is C24H19N4O2+. The minimum Gasteiger partial charge on any atom is -0.332 e. The Labute approximate surface area is 173 Å². The molecule has 30 heavy (non-hydrogen) atoms. The molecule has 3 aliphatic heterocycles. The number of azo groups is 1. The first-order valence-corrected chi connectivity index (χ1v) is 10.1. The molecule has 2 fully saturated rings. The zero-order chi connectivity index (χ0) is 20.2. The maximum Gasteiger partial charge on any atom is 0.244 e. The molecule has 0 spiro atoms. The summed E-state index contributed by atoms with van der Waals surface area (Å²) in [5, 5.41) is 10.6. The summed E-state index contributed by atoms with van der Waals surface area (Å²) in [5.41, 5.74) is 4.43. The van der Waals surface area contributed by atoms with Crippen LogP contribution in [0.1, 0.15) is 23.2 Å². The molecule has 2 saturated heterocycles. The maximum absolute atomic E-state index is 13.2. The highest BCUT2D eigenvalue weighted by Crippen LogP contribution is 2.51. The summed E-state index contributed by atoms with van der Waals surface area (Å²) in [7, 11) is 0. The largest absolute Gasteiger partial charge is 0.332 e. The molecule has 6 heteroatoms. The third kappa shape index (κ3) is 2.40. The molecule has 146 valence electrons. The van der Waals surface area contributed by atoms with E-state index in [2.05, 4.69) is 27.7 Å². The molecule has 2 amide bonds.